The minimum Gasteiger partial charge on any atom is -0.416 e. The SMILES string of the molecule is CCO[Si]CCl. The molecule has 0 saturated heterocycles. The van der Waals surface area contributed by atoms with E-state index in [1.54, 1.807) is 0 Å². The molecule has 0 aliphatic rings. The third kappa shape index (κ3) is 4.47. The van der Waals surface area contributed by atoms with E-state index in [1.165, 1.54) is 0 Å². The van der Waals surface area contributed by atoms with E-state index in [0.717, 1.165) is 6.61 Å². The molecule has 0 heterocycles. The maximum atomic E-state index is 5.27. The van der Waals surface area contributed by atoms with Crippen molar-refractivity contribution >= 4 is 21.4 Å². The summed E-state index contributed by atoms with van der Waals surface area (Å²) in [4.78, 5) is 0. The lowest BCUT2D eigenvalue weighted by Gasteiger charge is -1.88. The van der Waals surface area contributed by atoms with E-state index in [4.69, 9.17) is 16.0 Å². The van der Waals surface area contributed by atoms with Gasteiger partial charge in [-0.1, -0.05) is 0 Å². The van der Waals surface area contributed by atoms with Crippen molar-refractivity contribution in [1.29, 1.82) is 0 Å². The van der Waals surface area contributed by atoms with Crippen LogP contribution in [0.25, 0.3) is 0 Å². The Morgan fingerprint density at radius 1 is 1.83 bits per heavy atom. The van der Waals surface area contributed by atoms with E-state index in [2.05, 4.69) is 0 Å². The Balaban J connectivity index is 2.34. The van der Waals surface area contributed by atoms with Gasteiger partial charge in [0.05, 0.1) is 0 Å². The maximum absolute atomic E-state index is 5.27. The van der Waals surface area contributed by atoms with Gasteiger partial charge in [0, 0.05) is 12.1 Å². The Labute approximate surface area is 45.6 Å². The molecule has 0 aliphatic heterocycles. The average Bonchev–Trinajstić information content (AvgIpc) is 1.61. The summed E-state index contributed by atoms with van der Waals surface area (Å²) < 4.78 is 4.88. The van der Waals surface area contributed by atoms with Gasteiger partial charge in [-0.3, -0.25) is 0 Å². The van der Waals surface area contributed by atoms with Gasteiger partial charge in [-0.2, -0.15) is 0 Å². The highest BCUT2D eigenvalue weighted by molar-refractivity contribution is 6.45. The molecule has 0 amide bonds. The summed E-state index contributed by atoms with van der Waals surface area (Å²) in [5.41, 5.74) is 0.633. The van der Waals surface area contributed by atoms with E-state index in [9.17, 15) is 0 Å². The van der Waals surface area contributed by atoms with Gasteiger partial charge in [0.25, 0.3) is 0 Å². The van der Waals surface area contributed by atoms with Gasteiger partial charge in [-0.25, -0.2) is 0 Å². The van der Waals surface area contributed by atoms with Gasteiger partial charge in [0.1, 0.15) is 0 Å². The molecule has 2 radical (unpaired) electrons. The summed E-state index contributed by atoms with van der Waals surface area (Å²) >= 11 is 5.27. The quantitative estimate of drug-likeness (QED) is 0.306. The Kier molecular flexibility index (Phi) is 5.89. The van der Waals surface area contributed by atoms with Crippen molar-refractivity contribution in [2.75, 3.05) is 12.1 Å². The largest absolute Gasteiger partial charge is 0.416 e. The number of hydrogen-bond acceptors (Lipinski definition) is 1. The van der Waals surface area contributed by atoms with Crippen molar-refractivity contribution < 1.29 is 4.43 Å². The Bertz CT molecular complexity index is 22.8. The molecule has 3 heteroatoms. The Hall–Kier alpha value is 0.467. The van der Waals surface area contributed by atoms with Crippen LogP contribution in [0.5, 0.6) is 0 Å². The van der Waals surface area contributed by atoms with Crippen molar-refractivity contribution in [3.8, 4) is 0 Å². The van der Waals surface area contributed by atoms with Gasteiger partial charge >= 0.3 is 0 Å². The molecule has 0 aromatic rings. The highest BCUT2D eigenvalue weighted by Gasteiger charge is 1.79. The van der Waals surface area contributed by atoms with Crippen LogP contribution in [-0.4, -0.2) is 21.9 Å². The zero-order valence-corrected chi connectivity index (χ0v) is 5.46. The fourth-order valence-corrected chi connectivity index (χ4v) is 0.653. The molecule has 0 unspecified atom stereocenters. The fourth-order valence-electron chi connectivity index (χ4n) is 0.141. The van der Waals surface area contributed by atoms with E-state index in [-0.39, 0.29) is 0 Å². The molecule has 0 spiro atoms. The van der Waals surface area contributed by atoms with Crippen molar-refractivity contribution in [3.05, 3.63) is 0 Å². The lowest BCUT2D eigenvalue weighted by Crippen LogP contribution is -1.97. The van der Waals surface area contributed by atoms with Gasteiger partial charge in [0.2, 0.25) is 9.76 Å². The zero-order valence-electron chi connectivity index (χ0n) is 3.70. The summed E-state index contributed by atoms with van der Waals surface area (Å²) in [5.74, 6) is 0. The fraction of sp³-hybridized carbons (Fsp3) is 1.00. The second kappa shape index (κ2) is 5.47. The Morgan fingerprint density at radius 3 is 2.67 bits per heavy atom. The monoisotopic (exact) mass is 122 g/mol. The highest BCUT2D eigenvalue weighted by Crippen LogP contribution is 1.71. The van der Waals surface area contributed by atoms with Crippen LogP contribution >= 0.6 is 11.6 Å². The van der Waals surface area contributed by atoms with Crippen LogP contribution in [0.15, 0.2) is 0 Å². The summed E-state index contributed by atoms with van der Waals surface area (Å²) in [5, 5.41) is 0. The second-order valence-corrected chi connectivity index (χ2v) is 2.36. The van der Waals surface area contributed by atoms with Crippen molar-refractivity contribution in [3.63, 3.8) is 0 Å². The standard InChI is InChI=1S/C3H7ClOSi/c1-2-5-6-3-4/h2-3H2,1H3. The van der Waals surface area contributed by atoms with Crippen LogP contribution in [0.2, 0.25) is 0 Å². The first kappa shape index (κ1) is 6.47. The first-order valence-electron chi connectivity index (χ1n) is 1.82. The second-order valence-electron chi connectivity index (χ2n) is 0.711. The van der Waals surface area contributed by atoms with Gasteiger partial charge in [0.15, 0.2) is 0 Å². The molecule has 0 fully saturated rings. The average molecular weight is 123 g/mol. The van der Waals surface area contributed by atoms with Crippen LogP contribution in [0.1, 0.15) is 6.92 Å². The molecule has 0 aromatic heterocycles. The smallest absolute Gasteiger partial charge is 0.245 e. The molecule has 0 bridgehead atoms. The van der Waals surface area contributed by atoms with Crippen LogP contribution in [0, 0.1) is 0 Å². The normalized spacial score (nSPS) is 9.00. The topological polar surface area (TPSA) is 9.23 Å². The minimum atomic E-state index is 0.480. The predicted molar refractivity (Wildman–Crippen MR) is 28.1 cm³/mol. The maximum Gasteiger partial charge on any atom is 0.245 e. The summed E-state index contributed by atoms with van der Waals surface area (Å²) in [6.07, 6.45) is 0. The van der Waals surface area contributed by atoms with Crippen LogP contribution < -0.4 is 0 Å². The molecular formula is C3H7ClOSi. The number of halogens is 1. The third-order valence-corrected chi connectivity index (χ3v) is 1.23. The molecule has 6 heavy (non-hydrogen) atoms. The van der Waals surface area contributed by atoms with Crippen molar-refractivity contribution in [2.45, 2.75) is 6.92 Å². The molecule has 1 nitrogen and oxygen atoms in total. The lowest BCUT2D eigenvalue weighted by atomic mass is 10.9. The summed E-state index contributed by atoms with van der Waals surface area (Å²) in [6.45, 7) is 2.74. The molecule has 0 rings (SSSR count). The first-order chi connectivity index (χ1) is 2.91. The van der Waals surface area contributed by atoms with Crippen molar-refractivity contribution in [2.24, 2.45) is 0 Å². The predicted octanol–water partition coefficient (Wildman–Crippen LogP) is 0.838. The molecule has 0 N–H and O–H groups in total. The van der Waals surface area contributed by atoms with Gasteiger partial charge in [-0.15, -0.1) is 11.6 Å². The molecule has 0 aliphatic carbocycles. The lowest BCUT2D eigenvalue weighted by molar-refractivity contribution is 0.363. The van der Waals surface area contributed by atoms with Crippen LogP contribution in [-0.2, 0) is 4.43 Å². The number of rotatable bonds is 3. The molecular weight excluding hydrogens is 116 g/mol. The van der Waals surface area contributed by atoms with E-state index >= 15 is 0 Å². The van der Waals surface area contributed by atoms with E-state index in [1.807, 2.05) is 6.92 Å². The van der Waals surface area contributed by atoms with Crippen LogP contribution in [0.4, 0.5) is 0 Å². The molecule has 36 valence electrons. The summed E-state index contributed by atoms with van der Waals surface area (Å²) in [6, 6.07) is 0. The van der Waals surface area contributed by atoms with Crippen LogP contribution in [0.3, 0.4) is 0 Å². The van der Waals surface area contributed by atoms with E-state index in [0.29, 0.717) is 15.3 Å². The molecule has 0 atom stereocenters. The van der Waals surface area contributed by atoms with Crippen molar-refractivity contribution in [1.82, 2.24) is 0 Å². The zero-order chi connectivity index (χ0) is 4.83. The third-order valence-electron chi connectivity index (χ3n) is 0.301. The minimum absolute atomic E-state index is 0.480. The number of hydrogen-bond donors (Lipinski definition) is 0. The van der Waals surface area contributed by atoms with Gasteiger partial charge in [-0.05, 0) is 6.92 Å². The summed E-state index contributed by atoms with van der Waals surface area (Å²) in [7, 11) is 0.480. The molecule has 0 saturated carbocycles. The molecule has 0 aromatic carbocycles. The highest BCUT2D eigenvalue weighted by atomic mass is 35.5. The first-order valence-corrected chi connectivity index (χ1v) is 3.47. The van der Waals surface area contributed by atoms with Gasteiger partial charge < -0.3 is 4.43 Å². The van der Waals surface area contributed by atoms with E-state index < -0.39 is 0 Å². The number of alkyl halides is 1. The Morgan fingerprint density at radius 2 is 2.50 bits per heavy atom.